The molecule has 1 aromatic heterocycles. The van der Waals surface area contributed by atoms with E-state index in [-0.39, 0.29) is 23.9 Å². The van der Waals surface area contributed by atoms with Gasteiger partial charge in [0.2, 0.25) is 0 Å². The normalized spacial score (nSPS) is 19.3. The van der Waals surface area contributed by atoms with Gasteiger partial charge in [-0.05, 0) is 232 Å². The SMILES string of the molecule is Cc1cccc(N(c2ccc(C3(c4ccccc4)c4ccccc4N(c4ccc5cc6cc(N7C8C=CC=CC8C(c8ccccc8)(c8ccc(N(c9cccc(C)c9)c9cccc(C)c9)cc8)C8C=CC=CC87)ccc6cc5c4)c4cc5oc6ccccc6c5cc43)cc2)c2cccc(C)c2)c1. The smallest absolute Gasteiger partial charge is 0.137 e. The molecule has 5 unspecified atom stereocenters. The van der Waals surface area contributed by atoms with E-state index >= 15 is 0 Å². The van der Waals surface area contributed by atoms with Crippen molar-refractivity contribution in [2.45, 2.75) is 50.6 Å². The fourth-order valence-corrected chi connectivity index (χ4v) is 18.2. The zero-order chi connectivity index (χ0) is 68.9. The summed E-state index contributed by atoms with van der Waals surface area (Å²) in [7, 11) is 0. The molecule has 4 aliphatic rings. The van der Waals surface area contributed by atoms with Gasteiger partial charge >= 0.3 is 0 Å². The summed E-state index contributed by atoms with van der Waals surface area (Å²) < 4.78 is 6.89. The number of aryl methyl sites for hydroxylation is 4. The molecule has 14 aromatic carbocycles. The molecule has 0 bridgehead atoms. The van der Waals surface area contributed by atoms with Crippen molar-refractivity contribution in [2.75, 3.05) is 19.6 Å². The summed E-state index contributed by atoms with van der Waals surface area (Å²) in [5.41, 5.74) is 24.0. The van der Waals surface area contributed by atoms with E-state index in [0.29, 0.717) is 0 Å². The Kier molecular flexibility index (Phi) is 14.8. The second-order valence-electron chi connectivity index (χ2n) is 28.7. The Morgan fingerprint density at radius 1 is 0.301 bits per heavy atom. The van der Waals surface area contributed by atoms with Crippen molar-refractivity contribution in [2.24, 2.45) is 11.8 Å². The van der Waals surface area contributed by atoms with Crippen LogP contribution in [0.2, 0.25) is 0 Å². The monoisotopic (exact) mass is 1320 g/mol. The molecule has 103 heavy (non-hydrogen) atoms. The second kappa shape index (κ2) is 24.7. The van der Waals surface area contributed by atoms with Crippen LogP contribution in [0.4, 0.5) is 56.9 Å². The molecule has 3 heterocycles. The molecule has 5 heteroatoms. The molecular weight excluding hydrogens is 1250 g/mol. The first kappa shape index (κ1) is 61.6. The summed E-state index contributed by atoms with van der Waals surface area (Å²) in [5.74, 6) is 0.157. The van der Waals surface area contributed by atoms with Gasteiger partial charge in [0, 0.05) is 79.6 Å². The van der Waals surface area contributed by atoms with Crippen LogP contribution in [0.1, 0.15) is 55.6 Å². The second-order valence-corrected chi connectivity index (χ2v) is 28.7. The Bertz CT molecular complexity index is 5820. The van der Waals surface area contributed by atoms with E-state index in [0.717, 1.165) is 73.1 Å². The van der Waals surface area contributed by atoms with Gasteiger partial charge in [-0.1, -0.05) is 231 Å². The molecular formula is C98H76N4O. The van der Waals surface area contributed by atoms with E-state index in [1.807, 2.05) is 0 Å². The highest BCUT2D eigenvalue weighted by molar-refractivity contribution is 6.09. The maximum absolute atomic E-state index is 6.89. The van der Waals surface area contributed by atoms with Crippen LogP contribution >= 0.6 is 0 Å². The number of para-hydroxylation sites is 2. The summed E-state index contributed by atoms with van der Waals surface area (Å²) in [5, 5.41) is 6.93. The Morgan fingerprint density at radius 3 is 1.31 bits per heavy atom. The molecule has 1 saturated heterocycles. The van der Waals surface area contributed by atoms with E-state index in [1.54, 1.807) is 0 Å². The van der Waals surface area contributed by atoms with E-state index in [4.69, 9.17) is 4.42 Å². The van der Waals surface area contributed by atoms with Gasteiger partial charge in [-0.15, -0.1) is 0 Å². The number of fused-ring (bicyclic) bond motifs is 9. The van der Waals surface area contributed by atoms with Crippen molar-refractivity contribution in [1.82, 2.24) is 0 Å². The van der Waals surface area contributed by atoms with Crippen LogP contribution < -0.4 is 19.6 Å². The summed E-state index contributed by atoms with van der Waals surface area (Å²) >= 11 is 0. The molecule has 494 valence electrons. The number of rotatable bonds is 12. The van der Waals surface area contributed by atoms with E-state index in [2.05, 4.69) is 411 Å². The van der Waals surface area contributed by atoms with Crippen LogP contribution in [0.25, 0.3) is 43.5 Å². The Balaban J connectivity index is 0.722. The first-order valence-electron chi connectivity index (χ1n) is 36.2. The number of benzene rings is 14. The average molecular weight is 1330 g/mol. The van der Waals surface area contributed by atoms with Crippen molar-refractivity contribution >= 4 is 100 Å². The lowest BCUT2D eigenvalue weighted by molar-refractivity contribution is 0.193. The number of allylic oxidation sites excluding steroid dienone is 4. The summed E-state index contributed by atoms with van der Waals surface area (Å²) in [4.78, 5) is 10.0. The Labute approximate surface area is 602 Å². The molecule has 0 radical (unpaired) electrons. The number of hydrogen-bond donors (Lipinski definition) is 0. The number of furan rings is 1. The predicted octanol–water partition coefficient (Wildman–Crippen LogP) is 25.3. The fourth-order valence-electron chi connectivity index (χ4n) is 18.2. The van der Waals surface area contributed by atoms with Gasteiger partial charge in [0.05, 0.1) is 28.9 Å². The molecule has 19 rings (SSSR count). The van der Waals surface area contributed by atoms with E-state index in [9.17, 15) is 0 Å². The van der Waals surface area contributed by atoms with Crippen LogP contribution in [0.5, 0.6) is 0 Å². The zero-order valence-electron chi connectivity index (χ0n) is 58.1. The molecule has 5 atom stereocenters. The lowest BCUT2D eigenvalue weighted by Crippen LogP contribution is -2.65. The zero-order valence-corrected chi connectivity index (χ0v) is 58.1. The molecule has 0 spiro atoms. The number of nitrogens with zero attached hydrogens (tertiary/aromatic N) is 4. The summed E-state index contributed by atoms with van der Waals surface area (Å²) in [6.45, 7) is 8.69. The molecule has 15 aromatic rings. The average Bonchev–Trinajstić information content (AvgIpc) is 1.64. The van der Waals surface area contributed by atoms with Crippen molar-refractivity contribution in [1.29, 1.82) is 0 Å². The minimum absolute atomic E-state index is 0.0355. The molecule has 0 saturated carbocycles. The van der Waals surface area contributed by atoms with Crippen molar-refractivity contribution in [3.05, 3.63) is 420 Å². The van der Waals surface area contributed by atoms with Crippen molar-refractivity contribution in [3.63, 3.8) is 0 Å². The minimum atomic E-state index is -0.764. The van der Waals surface area contributed by atoms with Gasteiger partial charge in [-0.3, -0.25) is 0 Å². The van der Waals surface area contributed by atoms with Crippen LogP contribution in [0.3, 0.4) is 0 Å². The highest BCUT2D eigenvalue weighted by Crippen LogP contribution is 2.61. The maximum atomic E-state index is 6.89. The highest BCUT2D eigenvalue weighted by Gasteiger charge is 2.58. The molecule has 0 N–H and O–H groups in total. The first-order valence-corrected chi connectivity index (χ1v) is 36.2. The van der Waals surface area contributed by atoms with Crippen molar-refractivity contribution in [3.8, 4) is 0 Å². The lowest BCUT2D eigenvalue weighted by atomic mass is 9.51. The molecule has 5 nitrogen and oxygen atoms in total. The van der Waals surface area contributed by atoms with E-state index < -0.39 is 10.8 Å². The first-order chi connectivity index (χ1) is 50.7. The quantitative estimate of drug-likeness (QED) is 0.114. The number of hydrogen-bond acceptors (Lipinski definition) is 5. The van der Waals surface area contributed by atoms with Gasteiger partial charge in [0.25, 0.3) is 0 Å². The Hall–Kier alpha value is -12.4. The lowest BCUT2D eigenvalue weighted by Gasteiger charge is -2.60. The van der Waals surface area contributed by atoms with Gasteiger partial charge in [0.1, 0.15) is 11.2 Å². The summed E-state index contributed by atoms with van der Waals surface area (Å²) in [6, 6.07) is 118. The summed E-state index contributed by atoms with van der Waals surface area (Å²) in [6.07, 6.45) is 19.1. The number of anilines is 10. The molecule has 2 aliphatic carbocycles. The minimum Gasteiger partial charge on any atom is -0.456 e. The van der Waals surface area contributed by atoms with Crippen LogP contribution in [0, 0.1) is 39.5 Å². The maximum Gasteiger partial charge on any atom is 0.137 e. The van der Waals surface area contributed by atoms with Crippen molar-refractivity contribution < 1.29 is 4.42 Å². The molecule has 1 fully saturated rings. The molecule has 2 aliphatic heterocycles. The predicted molar refractivity (Wildman–Crippen MR) is 431 cm³/mol. The van der Waals surface area contributed by atoms with Gasteiger partial charge < -0.3 is 24.0 Å². The fraction of sp³-hybridized carbons (Fsp3) is 0.102. The number of piperidine rings is 1. The topological polar surface area (TPSA) is 26.1 Å². The third-order valence-electron chi connectivity index (χ3n) is 22.6. The third-order valence-corrected chi connectivity index (χ3v) is 22.6. The third kappa shape index (κ3) is 10.0. The standard InChI is InChI=1S/C98H76N4O/c1-65-23-19-31-79(55-65)99(80-32-20-24-66(2)56-80)77-51-45-75(46-52-77)97(73-27-7-5-8-28-73)87-36-12-15-39-91(87)101(92-40-16-13-37-88(92)97)83-49-43-69-60-72-62-84(50-44-70(72)59-71(69)61-83)102-93-41-17-14-38-89(93)98(74-29-9-6-10-30-74,90-63-86-85-35-11-18-42-95(85)103-96(86)64-94(90)102)76-47-53-78(54-48-76)100(81-33-21-25-67(3)57-81)82-34-22-26-68(4)58-82/h5-64,87-88,91-92H,1-4H3. The highest BCUT2D eigenvalue weighted by atomic mass is 16.3. The van der Waals surface area contributed by atoms with Crippen LogP contribution in [-0.4, -0.2) is 12.1 Å². The Morgan fingerprint density at radius 2 is 0.757 bits per heavy atom. The van der Waals surface area contributed by atoms with E-state index in [1.165, 1.54) is 82.9 Å². The van der Waals surface area contributed by atoms with Gasteiger partial charge in [-0.25, -0.2) is 0 Å². The van der Waals surface area contributed by atoms with Crippen LogP contribution in [0.15, 0.2) is 368 Å². The molecule has 0 amide bonds. The van der Waals surface area contributed by atoms with Gasteiger partial charge in [-0.2, -0.15) is 0 Å². The van der Waals surface area contributed by atoms with Crippen LogP contribution in [-0.2, 0) is 10.8 Å². The largest absolute Gasteiger partial charge is 0.456 e. The van der Waals surface area contributed by atoms with Gasteiger partial charge in [0.15, 0.2) is 0 Å².